The second-order valence-corrected chi connectivity index (χ2v) is 4.62. The molecule has 0 saturated carbocycles. The van der Waals surface area contributed by atoms with Crippen LogP contribution in [0.5, 0.6) is 11.5 Å². The molecule has 1 aromatic carbocycles. The highest BCUT2D eigenvalue weighted by atomic mass is 16.5. The van der Waals surface area contributed by atoms with E-state index in [1.807, 2.05) is 6.07 Å². The first-order valence-electron chi connectivity index (χ1n) is 7.19. The summed E-state index contributed by atoms with van der Waals surface area (Å²) in [7, 11) is 1.55. The summed E-state index contributed by atoms with van der Waals surface area (Å²) in [6.07, 6.45) is 4.75. The van der Waals surface area contributed by atoms with Crippen molar-refractivity contribution in [1.29, 1.82) is 0 Å². The standard InChI is InChI=1S/C17H22N2O4/c1-4-11-23-15-7-5-14(12-16(15)22-3)6-8-17(21)19-10-9-18-13(2)20/h4-8,12H,1,9-11H2,2-3H3,(H,18,20)(H,19,21). The van der Waals surface area contributed by atoms with Gasteiger partial charge in [0, 0.05) is 26.1 Å². The van der Waals surface area contributed by atoms with Crippen molar-refractivity contribution in [1.82, 2.24) is 10.6 Å². The molecule has 0 radical (unpaired) electrons. The molecule has 124 valence electrons. The Morgan fingerprint density at radius 2 is 1.96 bits per heavy atom. The lowest BCUT2D eigenvalue weighted by molar-refractivity contribution is -0.119. The Morgan fingerprint density at radius 1 is 1.22 bits per heavy atom. The highest BCUT2D eigenvalue weighted by Crippen LogP contribution is 2.28. The van der Waals surface area contributed by atoms with Gasteiger partial charge in [0.2, 0.25) is 11.8 Å². The maximum Gasteiger partial charge on any atom is 0.244 e. The van der Waals surface area contributed by atoms with Gasteiger partial charge in [-0.1, -0.05) is 18.7 Å². The van der Waals surface area contributed by atoms with Gasteiger partial charge < -0.3 is 20.1 Å². The zero-order valence-corrected chi connectivity index (χ0v) is 13.4. The predicted molar refractivity (Wildman–Crippen MR) is 89.4 cm³/mol. The minimum atomic E-state index is -0.235. The van der Waals surface area contributed by atoms with Crippen molar-refractivity contribution in [3.05, 3.63) is 42.5 Å². The summed E-state index contributed by atoms with van der Waals surface area (Å²) < 4.78 is 10.7. The molecule has 0 aliphatic carbocycles. The summed E-state index contributed by atoms with van der Waals surface area (Å²) >= 11 is 0. The van der Waals surface area contributed by atoms with E-state index in [2.05, 4.69) is 17.2 Å². The number of methoxy groups -OCH3 is 1. The number of rotatable bonds is 9. The molecule has 0 unspecified atom stereocenters. The number of benzene rings is 1. The summed E-state index contributed by atoms with van der Waals surface area (Å²) in [5.74, 6) is 0.839. The largest absolute Gasteiger partial charge is 0.493 e. The van der Waals surface area contributed by atoms with E-state index >= 15 is 0 Å². The van der Waals surface area contributed by atoms with E-state index in [0.717, 1.165) is 5.56 Å². The number of carbonyl (C=O) groups is 2. The smallest absolute Gasteiger partial charge is 0.244 e. The quantitative estimate of drug-likeness (QED) is 0.411. The predicted octanol–water partition coefficient (Wildman–Crippen LogP) is 1.53. The highest BCUT2D eigenvalue weighted by molar-refractivity contribution is 5.91. The Morgan fingerprint density at radius 3 is 2.61 bits per heavy atom. The molecule has 0 bridgehead atoms. The third kappa shape index (κ3) is 7.17. The lowest BCUT2D eigenvalue weighted by Crippen LogP contribution is -2.32. The van der Waals surface area contributed by atoms with Crippen molar-refractivity contribution < 1.29 is 19.1 Å². The molecule has 0 fully saturated rings. The van der Waals surface area contributed by atoms with Gasteiger partial charge in [-0.25, -0.2) is 0 Å². The maximum atomic E-state index is 11.6. The highest BCUT2D eigenvalue weighted by Gasteiger charge is 2.04. The second kappa shape index (κ2) is 10.0. The Hall–Kier alpha value is -2.76. The molecule has 0 heterocycles. The molecule has 0 aliphatic heterocycles. The lowest BCUT2D eigenvalue weighted by Gasteiger charge is -2.09. The summed E-state index contributed by atoms with van der Waals surface area (Å²) in [5, 5.41) is 5.27. The van der Waals surface area contributed by atoms with Gasteiger partial charge in [0.1, 0.15) is 6.61 Å². The Bertz CT molecular complexity index is 582. The molecule has 6 nitrogen and oxygen atoms in total. The van der Waals surface area contributed by atoms with Crippen molar-refractivity contribution in [2.45, 2.75) is 6.92 Å². The van der Waals surface area contributed by atoms with Gasteiger partial charge in [-0.05, 0) is 23.8 Å². The maximum absolute atomic E-state index is 11.6. The number of hydrogen-bond acceptors (Lipinski definition) is 4. The van der Waals surface area contributed by atoms with Crippen LogP contribution in [0.2, 0.25) is 0 Å². The lowest BCUT2D eigenvalue weighted by atomic mass is 10.2. The first-order valence-corrected chi connectivity index (χ1v) is 7.19. The molecule has 2 N–H and O–H groups in total. The Labute approximate surface area is 136 Å². The van der Waals surface area contributed by atoms with Crippen LogP contribution < -0.4 is 20.1 Å². The van der Waals surface area contributed by atoms with Crippen LogP contribution in [0.4, 0.5) is 0 Å². The normalized spacial score (nSPS) is 10.2. The molecule has 23 heavy (non-hydrogen) atoms. The van der Waals surface area contributed by atoms with Gasteiger partial charge >= 0.3 is 0 Å². The van der Waals surface area contributed by atoms with E-state index < -0.39 is 0 Å². The van der Waals surface area contributed by atoms with Crippen LogP contribution >= 0.6 is 0 Å². The Balaban J connectivity index is 2.56. The van der Waals surface area contributed by atoms with Crippen LogP contribution in [0.3, 0.4) is 0 Å². The third-order valence-corrected chi connectivity index (χ3v) is 2.77. The molecule has 0 saturated heterocycles. The number of hydrogen-bond donors (Lipinski definition) is 2. The van der Waals surface area contributed by atoms with Gasteiger partial charge in [0.05, 0.1) is 7.11 Å². The average Bonchev–Trinajstić information content (AvgIpc) is 2.55. The van der Waals surface area contributed by atoms with E-state index in [1.165, 1.54) is 13.0 Å². The van der Waals surface area contributed by atoms with Crippen LogP contribution in [0, 0.1) is 0 Å². The molecule has 0 aliphatic rings. The van der Waals surface area contributed by atoms with Crippen molar-refractivity contribution in [3.8, 4) is 11.5 Å². The van der Waals surface area contributed by atoms with Crippen LogP contribution in [0.15, 0.2) is 36.9 Å². The van der Waals surface area contributed by atoms with E-state index in [1.54, 1.807) is 31.4 Å². The fourth-order valence-electron chi connectivity index (χ4n) is 1.71. The van der Waals surface area contributed by atoms with E-state index in [0.29, 0.717) is 31.2 Å². The summed E-state index contributed by atoms with van der Waals surface area (Å²) in [4.78, 5) is 22.3. The molecule has 0 atom stereocenters. The van der Waals surface area contributed by atoms with Crippen molar-refractivity contribution >= 4 is 17.9 Å². The van der Waals surface area contributed by atoms with Gasteiger partial charge in [-0.15, -0.1) is 0 Å². The minimum Gasteiger partial charge on any atom is -0.493 e. The monoisotopic (exact) mass is 318 g/mol. The molecule has 0 aromatic heterocycles. The van der Waals surface area contributed by atoms with Crippen molar-refractivity contribution in [3.63, 3.8) is 0 Å². The minimum absolute atomic E-state index is 0.124. The van der Waals surface area contributed by atoms with Crippen LogP contribution in [0.25, 0.3) is 6.08 Å². The number of ether oxygens (including phenoxy) is 2. The number of carbonyl (C=O) groups excluding carboxylic acids is 2. The summed E-state index contributed by atoms with van der Waals surface area (Å²) in [6, 6.07) is 5.37. The number of nitrogens with one attached hydrogen (secondary N) is 2. The fourth-order valence-corrected chi connectivity index (χ4v) is 1.71. The zero-order chi connectivity index (χ0) is 17.1. The molecular formula is C17H22N2O4. The first kappa shape index (κ1) is 18.3. The average molecular weight is 318 g/mol. The van der Waals surface area contributed by atoms with Gasteiger partial charge in [0.15, 0.2) is 11.5 Å². The number of amides is 2. The van der Waals surface area contributed by atoms with E-state index in [-0.39, 0.29) is 11.8 Å². The van der Waals surface area contributed by atoms with Gasteiger partial charge in [0.25, 0.3) is 0 Å². The second-order valence-electron chi connectivity index (χ2n) is 4.62. The van der Waals surface area contributed by atoms with Crippen LogP contribution in [0.1, 0.15) is 12.5 Å². The topological polar surface area (TPSA) is 76.7 Å². The molecule has 0 spiro atoms. The fraction of sp³-hybridized carbons (Fsp3) is 0.294. The van der Waals surface area contributed by atoms with E-state index in [9.17, 15) is 9.59 Å². The van der Waals surface area contributed by atoms with E-state index in [4.69, 9.17) is 9.47 Å². The summed E-state index contributed by atoms with van der Waals surface area (Å²) in [5.41, 5.74) is 0.810. The van der Waals surface area contributed by atoms with Crippen LogP contribution in [-0.4, -0.2) is 38.6 Å². The molecule has 1 rings (SSSR count). The van der Waals surface area contributed by atoms with Crippen molar-refractivity contribution in [2.24, 2.45) is 0 Å². The molecular weight excluding hydrogens is 296 g/mol. The first-order chi connectivity index (χ1) is 11.1. The summed E-state index contributed by atoms with van der Waals surface area (Å²) in [6.45, 7) is 6.19. The Kier molecular flexibility index (Phi) is 7.99. The third-order valence-electron chi connectivity index (χ3n) is 2.77. The van der Waals surface area contributed by atoms with Gasteiger partial charge in [-0.2, -0.15) is 0 Å². The molecule has 6 heteroatoms. The van der Waals surface area contributed by atoms with Crippen LogP contribution in [-0.2, 0) is 9.59 Å². The SMILES string of the molecule is C=CCOc1ccc(C=CC(=O)NCCNC(C)=O)cc1OC. The zero-order valence-electron chi connectivity index (χ0n) is 13.4. The van der Waals surface area contributed by atoms with Crippen molar-refractivity contribution in [2.75, 3.05) is 26.8 Å². The molecule has 1 aromatic rings. The molecule has 2 amide bonds. The van der Waals surface area contributed by atoms with Gasteiger partial charge in [-0.3, -0.25) is 9.59 Å².